The molecule has 0 radical (unpaired) electrons. The zero-order valence-corrected chi connectivity index (χ0v) is 16.1. The fourth-order valence-corrected chi connectivity index (χ4v) is 3.58. The highest BCUT2D eigenvalue weighted by Crippen LogP contribution is 2.44. The van der Waals surface area contributed by atoms with E-state index in [9.17, 15) is 9.18 Å². The van der Waals surface area contributed by atoms with E-state index in [1.54, 1.807) is 13.0 Å². The van der Waals surface area contributed by atoms with E-state index in [1.165, 1.54) is 36.5 Å². The normalized spacial score (nSPS) is 22.6. The molecule has 3 heterocycles. The summed E-state index contributed by atoms with van der Waals surface area (Å²) in [5.74, 6) is -0.750. The molecular weight excluding hydrogens is 389 g/mol. The fraction of sp³-hybridized carbons (Fsp3) is 0.238. The van der Waals surface area contributed by atoms with Crippen molar-refractivity contribution in [1.82, 2.24) is 4.98 Å². The lowest BCUT2D eigenvalue weighted by molar-refractivity contribution is 0.0531. The molecule has 0 saturated carbocycles. The number of amides is 1. The molecule has 0 fully saturated rings. The van der Waals surface area contributed by atoms with Gasteiger partial charge in [0.2, 0.25) is 0 Å². The molecule has 8 nitrogen and oxygen atoms in total. The molecule has 0 spiro atoms. The summed E-state index contributed by atoms with van der Waals surface area (Å²) in [6.45, 7) is 2.43. The SMILES string of the molecule is C[C@]1(c2cc(NC(=O)c3ccc(C#N)cn3)ccc2F)N=C(N)OC2=CCOCC21. The van der Waals surface area contributed by atoms with Crippen LogP contribution in [0.3, 0.4) is 0 Å². The molecule has 30 heavy (non-hydrogen) atoms. The molecule has 0 bridgehead atoms. The Balaban J connectivity index is 1.67. The maximum atomic E-state index is 14.9. The highest BCUT2D eigenvalue weighted by Gasteiger charge is 2.45. The van der Waals surface area contributed by atoms with Gasteiger partial charge >= 0.3 is 0 Å². The van der Waals surface area contributed by atoms with Gasteiger partial charge in [-0.2, -0.15) is 5.26 Å². The zero-order chi connectivity index (χ0) is 21.3. The van der Waals surface area contributed by atoms with Crippen LogP contribution in [0.4, 0.5) is 10.1 Å². The smallest absolute Gasteiger partial charge is 0.288 e. The molecule has 2 atom stereocenters. The van der Waals surface area contributed by atoms with E-state index < -0.39 is 17.3 Å². The molecular formula is C21H18FN5O3. The Hall–Kier alpha value is -3.77. The predicted octanol–water partition coefficient (Wildman–Crippen LogP) is 2.44. The van der Waals surface area contributed by atoms with Crippen LogP contribution in [0.25, 0.3) is 0 Å². The van der Waals surface area contributed by atoms with E-state index in [2.05, 4.69) is 15.3 Å². The van der Waals surface area contributed by atoms with Crippen LogP contribution in [0.1, 0.15) is 28.5 Å². The van der Waals surface area contributed by atoms with Gasteiger partial charge < -0.3 is 20.5 Å². The monoisotopic (exact) mass is 407 g/mol. The molecule has 0 aliphatic carbocycles. The number of aromatic nitrogens is 1. The highest BCUT2D eigenvalue weighted by atomic mass is 19.1. The molecule has 1 amide bonds. The predicted molar refractivity (Wildman–Crippen MR) is 106 cm³/mol. The molecule has 3 N–H and O–H groups in total. The summed E-state index contributed by atoms with van der Waals surface area (Å²) in [5, 5.41) is 11.5. The van der Waals surface area contributed by atoms with Crippen molar-refractivity contribution in [3.05, 3.63) is 71.0 Å². The molecule has 1 aromatic carbocycles. The second-order valence-electron chi connectivity index (χ2n) is 7.09. The maximum Gasteiger partial charge on any atom is 0.288 e. The second kappa shape index (κ2) is 7.57. The molecule has 152 valence electrons. The van der Waals surface area contributed by atoms with Gasteiger partial charge in [-0.15, -0.1) is 0 Å². The third-order valence-corrected chi connectivity index (χ3v) is 5.17. The first-order valence-corrected chi connectivity index (χ1v) is 9.19. The number of hydrogen-bond acceptors (Lipinski definition) is 7. The van der Waals surface area contributed by atoms with Crippen LogP contribution in [0.5, 0.6) is 0 Å². The number of hydrogen-bond donors (Lipinski definition) is 2. The minimum Gasteiger partial charge on any atom is -0.431 e. The number of halogens is 1. The second-order valence-corrected chi connectivity index (χ2v) is 7.09. The summed E-state index contributed by atoms with van der Waals surface area (Å²) >= 11 is 0. The molecule has 0 saturated heterocycles. The van der Waals surface area contributed by atoms with Gasteiger partial charge in [-0.05, 0) is 43.3 Å². The number of anilines is 1. The Morgan fingerprint density at radius 2 is 2.23 bits per heavy atom. The van der Waals surface area contributed by atoms with E-state index in [-0.39, 0.29) is 23.2 Å². The van der Waals surface area contributed by atoms with Gasteiger partial charge in [-0.1, -0.05) is 0 Å². The summed E-state index contributed by atoms with van der Waals surface area (Å²) in [4.78, 5) is 20.8. The average Bonchev–Trinajstić information content (AvgIpc) is 2.75. The van der Waals surface area contributed by atoms with Crippen molar-refractivity contribution in [3.8, 4) is 6.07 Å². The number of nitriles is 1. The largest absolute Gasteiger partial charge is 0.431 e. The number of nitrogens with one attached hydrogen (secondary N) is 1. The number of fused-ring (bicyclic) bond motifs is 1. The molecule has 2 aromatic rings. The summed E-state index contributed by atoms with van der Waals surface area (Å²) in [5.41, 5.74) is 5.86. The Bertz CT molecular complexity index is 1110. The number of benzene rings is 1. The van der Waals surface area contributed by atoms with Gasteiger partial charge in [0.05, 0.1) is 24.7 Å². The van der Waals surface area contributed by atoms with Crippen molar-refractivity contribution < 1.29 is 18.7 Å². The molecule has 2 aliphatic heterocycles. The first-order chi connectivity index (χ1) is 14.4. The van der Waals surface area contributed by atoms with Gasteiger partial charge in [-0.25, -0.2) is 14.4 Å². The Kier molecular flexibility index (Phi) is 4.93. The molecule has 1 aromatic heterocycles. The number of nitrogens with two attached hydrogens (primary N) is 1. The first kappa shape index (κ1) is 19.5. The van der Waals surface area contributed by atoms with Crippen molar-refractivity contribution in [2.45, 2.75) is 12.5 Å². The number of nitrogens with zero attached hydrogens (tertiary/aromatic N) is 3. The number of aliphatic imine (C=N–C) groups is 1. The molecule has 1 unspecified atom stereocenters. The van der Waals surface area contributed by atoms with Gasteiger partial charge in [0.1, 0.15) is 28.9 Å². The van der Waals surface area contributed by atoms with E-state index >= 15 is 0 Å². The van der Waals surface area contributed by atoms with Gasteiger partial charge in [-0.3, -0.25) is 4.79 Å². The van der Waals surface area contributed by atoms with E-state index in [0.29, 0.717) is 30.2 Å². The number of amidine groups is 1. The van der Waals surface area contributed by atoms with Crippen LogP contribution in [0.15, 0.2) is 53.4 Å². The number of carbonyl (C=O) groups is 1. The van der Waals surface area contributed by atoms with Crippen LogP contribution in [-0.4, -0.2) is 30.1 Å². The summed E-state index contributed by atoms with van der Waals surface area (Å²) in [6.07, 6.45) is 3.07. The minimum atomic E-state index is -1.08. The van der Waals surface area contributed by atoms with Crippen LogP contribution < -0.4 is 11.1 Å². The molecule has 9 heteroatoms. The van der Waals surface area contributed by atoms with E-state index in [1.807, 2.05) is 6.07 Å². The number of carbonyl (C=O) groups excluding carboxylic acids is 1. The van der Waals surface area contributed by atoms with Crippen molar-refractivity contribution in [2.24, 2.45) is 16.6 Å². The third-order valence-electron chi connectivity index (χ3n) is 5.17. The van der Waals surface area contributed by atoms with E-state index in [4.69, 9.17) is 20.5 Å². The number of pyridine rings is 1. The number of rotatable bonds is 3. The summed E-state index contributed by atoms with van der Waals surface area (Å²) in [6, 6.07) is 9.05. The van der Waals surface area contributed by atoms with Gasteiger partial charge in [0.15, 0.2) is 0 Å². The lowest BCUT2D eigenvalue weighted by Crippen LogP contribution is -2.44. The first-order valence-electron chi connectivity index (χ1n) is 9.19. The summed E-state index contributed by atoms with van der Waals surface area (Å²) < 4.78 is 25.9. The highest BCUT2D eigenvalue weighted by molar-refractivity contribution is 6.02. The third kappa shape index (κ3) is 3.49. The van der Waals surface area contributed by atoms with Crippen LogP contribution in [0.2, 0.25) is 0 Å². The van der Waals surface area contributed by atoms with Crippen LogP contribution in [0, 0.1) is 23.1 Å². The standard InChI is InChI=1S/C21H18FN5O3/c1-21(15-11-29-7-6-18(15)30-20(24)27-21)14-8-13(3-4-16(14)22)26-19(28)17-5-2-12(9-23)10-25-17/h2-6,8,10,15H,7,11H2,1H3,(H2,24,27)(H,26,28)/t15?,21-/m1/s1. The minimum absolute atomic E-state index is 0.0579. The van der Waals surface area contributed by atoms with Gasteiger partial charge in [0.25, 0.3) is 11.9 Å². The maximum absolute atomic E-state index is 14.9. The van der Waals surface area contributed by atoms with Crippen molar-refractivity contribution >= 4 is 17.6 Å². The van der Waals surface area contributed by atoms with Crippen molar-refractivity contribution in [1.29, 1.82) is 5.26 Å². The Morgan fingerprint density at radius 1 is 1.40 bits per heavy atom. The van der Waals surface area contributed by atoms with E-state index in [0.717, 1.165) is 0 Å². The Morgan fingerprint density at radius 3 is 2.97 bits per heavy atom. The average molecular weight is 407 g/mol. The molecule has 4 rings (SSSR count). The van der Waals surface area contributed by atoms with Crippen molar-refractivity contribution in [2.75, 3.05) is 18.5 Å². The fourth-order valence-electron chi connectivity index (χ4n) is 3.58. The summed E-state index contributed by atoms with van der Waals surface area (Å²) in [7, 11) is 0. The quantitative estimate of drug-likeness (QED) is 0.806. The van der Waals surface area contributed by atoms with Gasteiger partial charge in [0, 0.05) is 17.4 Å². The lowest BCUT2D eigenvalue weighted by atomic mass is 9.77. The molecule has 2 aliphatic rings. The lowest BCUT2D eigenvalue weighted by Gasteiger charge is -2.40. The topological polar surface area (TPSA) is 123 Å². The zero-order valence-electron chi connectivity index (χ0n) is 16.1. The Labute approximate surface area is 171 Å². The van der Waals surface area contributed by atoms with Crippen LogP contribution in [-0.2, 0) is 15.0 Å². The van der Waals surface area contributed by atoms with Crippen LogP contribution >= 0.6 is 0 Å². The van der Waals surface area contributed by atoms with Crippen molar-refractivity contribution in [3.63, 3.8) is 0 Å². The number of ether oxygens (including phenoxy) is 2.